The molecule has 1 heterocycles. The van der Waals surface area contributed by atoms with Crippen LogP contribution in [0.25, 0.3) is 6.08 Å². The first-order valence-corrected chi connectivity index (χ1v) is 12.2. The van der Waals surface area contributed by atoms with Gasteiger partial charge in [0.2, 0.25) is 0 Å². The van der Waals surface area contributed by atoms with Crippen molar-refractivity contribution in [2.75, 3.05) is 40.6 Å². The van der Waals surface area contributed by atoms with Crippen molar-refractivity contribution in [3.05, 3.63) is 56.0 Å². The molecular formula is C23H24INO5S2. The van der Waals surface area contributed by atoms with Gasteiger partial charge in [-0.3, -0.25) is 9.69 Å². The van der Waals surface area contributed by atoms with E-state index in [4.69, 9.17) is 31.2 Å². The third-order valence-corrected chi connectivity index (χ3v) is 6.88. The van der Waals surface area contributed by atoms with Gasteiger partial charge in [0.1, 0.15) is 23.3 Å². The third-order valence-electron chi connectivity index (χ3n) is 4.59. The average molecular weight is 585 g/mol. The number of carbonyl (C=O) groups excluding carboxylic acids is 1. The van der Waals surface area contributed by atoms with Crippen LogP contribution in [-0.2, 0) is 9.53 Å². The Morgan fingerprint density at radius 3 is 2.47 bits per heavy atom. The second kappa shape index (κ2) is 11.9. The van der Waals surface area contributed by atoms with E-state index < -0.39 is 0 Å². The molecule has 9 heteroatoms. The lowest BCUT2D eigenvalue weighted by molar-refractivity contribution is -0.121. The van der Waals surface area contributed by atoms with E-state index in [1.165, 1.54) is 16.7 Å². The summed E-state index contributed by atoms with van der Waals surface area (Å²) in [4.78, 5) is 14.3. The standard InChI is InChI=1S/C23H24INO5S2/c1-15-6-4-5-7-18(15)29-10-8-28-9-11-30-21-17(24)12-16(13-19(21)27-3)14-20-22(26)25(2)23(31)32-20/h4-7,12-14H,8-11H2,1-3H3/b20-14+. The minimum absolute atomic E-state index is 0.0992. The van der Waals surface area contributed by atoms with Crippen molar-refractivity contribution in [1.29, 1.82) is 0 Å². The van der Waals surface area contributed by atoms with E-state index in [0.29, 0.717) is 47.2 Å². The first-order valence-electron chi connectivity index (χ1n) is 9.88. The quantitative estimate of drug-likeness (QED) is 0.170. The predicted molar refractivity (Wildman–Crippen MR) is 140 cm³/mol. The number of nitrogens with zero attached hydrogens (tertiary/aromatic N) is 1. The lowest BCUT2D eigenvalue weighted by atomic mass is 10.2. The van der Waals surface area contributed by atoms with Crippen LogP contribution in [0.5, 0.6) is 17.2 Å². The number of aryl methyl sites for hydroxylation is 1. The summed E-state index contributed by atoms with van der Waals surface area (Å²) in [6.07, 6.45) is 1.81. The highest BCUT2D eigenvalue weighted by Gasteiger charge is 2.28. The summed E-state index contributed by atoms with van der Waals surface area (Å²) >= 11 is 8.67. The maximum atomic E-state index is 12.2. The van der Waals surface area contributed by atoms with Crippen LogP contribution >= 0.6 is 46.6 Å². The zero-order valence-electron chi connectivity index (χ0n) is 18.1. The van der Waals surface area contributed by atoms with E-state index in [9.17, 15) is 4.79 Å². The van der Waals surface area contributed by atoms with Crippen LogP contribution < -0.4 is 14.2 Å². The van der Waals surface area contributed by atoms with Crippen molar-refractivity contribution in [2.24, 2.45) is 0 Å². The highest BCUT2D eigenvalue weighted by Crippen LogP contribution is 2.37. The zero-order valence-corrected chi connectivity index (χ0v) is 21.8. The maximum absolute atomic E-state index is 12.2. The molecule has 0 atom stereocenters. The van der Waals surface area contributed by atoms with Crippen LogP contribution in [0.4, 0.5) is 0 Å². The number of carbonyl (C=O) groups is 1. The molecule has 1 fully saturated rings. The molecule has 0 aromatic heterocycles. The van der Waals surface area contributed by atoms with E-state index in [-0.39, 0.29) is 5.91 Å². The molecule has 2 aromatic carbocycles. The number of para-hydroxylation sites is 1. The van der Waals surface area contributed by atoms with Crippen LogP contribution in [0.1, 0.15) is 11.1 Å². The monoisotopic (exact) mass is 585 g/mol. The van der Waals surface area contributed by atoms with E-state index in [1.807, 2.05) is 49.4 Å². The number of amides is 1. The van der Waals surface area contributed by atoms with Crippen molar-refractivity contribution >= 4 is 62.9 Å². The molecule has 0 radical (unpaired) electrons. The fourth-order valence-corrected chi connectivity index (χ4v) is 4.85. The first kappa shape index (κ1) is 24.8. The molecule has 32 heavy (non-hydrogen) atoms. The number of ether oxygens (including phenoxy) is 4. The number of halogens is 1. The summed E-state index contributed by atoms with van der Waals surface area (Å²) in [7, 11) is 3.27. The number of thiocarbonyl (C=S) groups is 1. The van der Waals surface area contributed by atoms with Gasteiger partial charge in [0.05, 0.1) is 28.8 Å². The van der Waals surface area contributed by atoms with Gasteiger partial charge in [-0.05, 0) is 64.9 Å². The van der Waals surface area contributed by atoms with Crippen molar-refractivity contribution < 1.29 is 23.7 Å². The molecule has 3 rings (SSSR count). The summed E-state index contributed by atoms with van der Waals surface area (Å²) in [6.45, 7) is 3.77. The van der Waals surface area contributed by atoms with Gasteiger partial charge in [0.15, 0.2) is 11.5 Å². The summed E-state index contributed by atoms with van der Waals surface area (Å²) in [5, 5.41) is 0. The normalized spacial score (nSPS) is 14.9. The predicted octanol–water partition coefficient (Wildman–Crippen LogP) is 4.91. The molecule has 0 unspecified atom stereocenters. The van der Waals surface area contributed by atoms with Crippen molar-refractivity contribution in [1.82, 2.24) is 4.90 Å². The lowest BCUT2D eigenvalue weighted by Crippen LogP contribution is -2.22. The van der Waals surface area contributed by atoms with Crippen LogP contribution in [0.15, 0.2) is 41.3 Å². The molecule has 170 valence electrons. The Labute approximate surface area is 211 Å². The van der Waals surface area contributed by atoms with Gasteiger partial charge < -0.3 is 18.9 Å². The van der Waals surface area contributed by atoms with Crippen LogP contribution in [-0.4, -0.2) is 55.7 Å². The zero-order chi connectivity index (χ0) is 23.1. The average Bonchev–Trinajstić information content (AvgIpc) is 3.01. The number of hydrogen-bond donors (Lipinski definition) is 0. The van der Waals surface area contributed by atoms with Gasteiger partial charge in [-0.2, -0.15) is 0 Å². The molecule has 1 saturated heterocycles. The Kier molecular flexibility index (Phi) is 9.21. The topological polar surface area (TPSA) is 57.2 Å². The molecule has 0 spiro atoms. The summed E-state index contributed by atoms with van der Waals surface area (Å²) in [6, 6.07) is 11.7. The minimum Gasteiger partial charge on any atom is -0.493 e. The lowest BCUT2D eigenvalue weighted by Gasteiger charge is -2.14. The molecule has 6 nitrogen and oxygen atoms in total. The van der Waals surface area contributed by atoms with Gasteiger partial charge >= 0.3 is 0 Å². The molecule has 1 amide bonds. The smallest absolute Gasteiger partial charge is 0.265 e. The van der Waals surface area contributed by atoms with Crippen molar-refractivity contribution in [3.63, 3.8) is 0 Å². The third kappa shape index (κ3) is 6.37. The Bertz CT molecular complexity index is 1030. The minimum atomic E-state index is -0.0992. The van der Waals surface area contributed by atoms with Gasteiger partial charge in [0, 0.05) is 7.05 Å². The van der Waals surface area contributed by atoms with Crippen molar-refractivity contribution in [2.45, 2.75) is 6.92 Å². The van der Waals surface area contributed by atoms with Gasteiger partial charge in [-0.25, -0.2) is 0 Å². The second-order valence-corrected chi connectivity index (χ2v) is 9.69. The fourth-order valence-electron chi connectivity index (χ4n) is 2.89. The molecule has 0 aliphatic carbocycles. The largest absolute Gasteiger partial charge is 0.493 e. The number of rotatable bonds is 10. The highest BCUT2D eigenvalue weighted by molar-refractivity contribution is 14.1. The summed E-state index contributed by atoms with van der Waals surface area (Å²) < 4.78 is 24.2. The van der Waals surface area contributed by atoms with Gasteiger partial charge in [-0.1, -0.05) is 42.2 Å². The molecular weight excluding hydrogens is 561 g/mol. The number of thioether (sulfide) groups is 1. The summed E-state index contributed by atoms with van der Waals surface area (Å²) in [5.74, 6) is 2.01. The van der Waals surface area contributed by atoms with Crippen LogP contribution in [0.3, 0.4) is 0 Å². The maximum Gasteiger partial charge on any atom is 0.265 e. The molecule has 0 bridgehead atoms. The Morgan fingerprint density at radius 1 is 1.09 bits per heavy atom. The Hall–Kier alpha value is -1.82. The first-order chi connectivity index (χ1) is 15.4. The number of hydrogen-bond acceptors (Lipinski definition) is 7. The van der Waals surface area contributed by atoms with E-state index in [0.717, 1.165) is 20.4 Å². The fraction of sp³-hybridized carbons (Fsp3) is 0.304. The molecule has 0 N–H and O–H groups in total. The Morgan fingerprint density at radius 2 is 1.81 bits per heavy atom. The number of likely N-dealkylation sites (N-methyl/N-ethyl adjacent to an activating group) is 1. The van der Waals surface area contributed by atoms with Crippen LogP contribution in [0, 0.1) is 10.5 Å². The summed E-state index contributed by atoms with van der Waals surface area (Å²) in [5.41, 5.74) is 1.94. The number of methoxy groups -OCH3 is 1. The SMILES string of the molecule is COc1cc(/C=C2/SC(=S)N(C)C2=O)cc(I)c1OCCOCCOc1ccccc1C. The number of benzene rings is 2. The van der Waals surface area contributed by atoms with E-state index >= 15 is 0 Å². The van der Waals surface area contributed by atoms with E-state index in [2.05, 4.69) is 22.6 Å². The molecule has 0 saturated carbocycles. The molecule has 2 aromatic rings. The Balaban J connectivity index is 1.51. The molecule has 1 aliphatic heterocycles. The van der Waals surface area contributed by atoms with Crippen molar-refractivity contribution in [3.8, 4) is 17.2 Å². The van der Waals surface area contributed by atoms with Gasteiger partial charge in [0.25, 0.3) is 5.91 Å². The second-order valence-electron chi connectivity index (χ2n) is 6.85. The van der Waals surface area contributed by atoms with E-state index in [1.54, 1.807) is 14.2 Å². The highest BCUT2D eigenvalue weighted by atomic mass is 127. The van der Waals surface area contributed by atoms with Gasteiger partial charge in [-0.15, -0.1) is 0 Å². The molecule has 1 aliphatic rings. The van der Waals surface area contributed by atoms with Crippen LogP contribution in [0.2, 0.25) is 0 Å².